The van der Waals surface area contributed by atoms with Crippen molar-refractivity contribution in [2.75, 3.05) is 20.3 Å². The van der Waals surface area contributed by atoms with Crippen LogP contribution in [-0.4, -0.2) is 49.2 Å². The molecular formula is C25H29NO4. The van der Waals surface area contributed by atoms with Crippen LogP contribution in [0.1, 0.15) is 36.8 Å². The molecule has 1 amide bonds. The summed E-state index contributed by atoms with van der Waals surface area (Å²) in [5.41, 5.74) is 1.82. The highest BCUT2D eigenvalue weighted by molar-refractivity contribution is 5.91. The highest BCUT2D eigenvalue weighted by Gasteiger charge is 2.44. The molecule has 30 heavy (non-hydrogen) atoms. The van der Waals surface area contributed by atoms with E-state index < -0.39 is 12.0 Å². The van der Waals surface area contributed by atoms with Gasteiger partial charge >= 0.3 is 5.97 Å². The summed E-state index contributed by atoms with van der Waals surface area (Å²) in [6.07, 6.45) is 1.54. The number of methoxy groups -OCH3 is 1. The SMILES string of the molecule is COC(=O)[C@@H]1C[C@H](OC[C@H]2C[C@H]2C)CN1C(=O)C(c1ccccc1)c1ccccc1. The number of hydrogen-bond acceptors (Lipinski definition) is 4. The van der Waals surface area contributed by atoms with Crippen LogP contribution in [0.15, 0.2) is 60.7 Å². The van der Waals surface area contributed by atoms with Crippen molar-refractivity contribution in [3.63, 3.8) is 0 Å². The zero-order chi connectivity index (χ0) is 21.1. The molecule has 1 saturated heterocycles. The molecule has 1 heterocycles. The Balaban J connectivity index is 1.58. The van der Waals surface area contributed by atoms with Crippen LogP contribution in [0, 0.1) is 11.8 Å². The molecule has 5 heteroatoms. The van der Waals surface area contributed by atoms with Crippen molar-refractivity contribution in [3.05, 3.63) is 71.8 Å². The predicted octanol–water partition coefficient (Wildman–Crippen LogP) is 3.63. The van der Waals surface area contributed by atoms with Crippen LogP contribution >= 0.6 is 0 Å². The molecule has 2 aromatic carbocycles. The third-order valence-electron chi connectivity index (χ3n) is 6.35. The summed E-state index contributed by atoms with van der Waals surface area (Å²) >= 11 is 0. The number of carbonyl (C=O) groups excluding carboxylic acids is 2. The molecule has 1 saturated carbocycles. The quantitative estimate of drug-likeness (QED) is 0.658. The molecule has 0 unspecified atom stereocenters. The van der Waals surface area contributed by atoms with Crippen molar-refractivity contribution in [1.82, 2.24) is 4.90 Å². The number of amides is 1. The minimum atomic E-state index is -0.612. The van der Waals surface area contributed by atoms with Crippen molar-refractivity contribution >= 4 is 11.9 Å². The van der Waals surface area contributed by atoms with Crippen LogP contribution in [0.2, 0.25) is 0 Å². The fourth-order valence-electron chi connectivity index (χ4n) is 4.35. The number of esters is 1. The summed E-state index contributed by atoms with van der Waals surface area (Å²) in [5, 5.41) is 0. The van der Waals surface area contributed by atoms with Crippen LogP contribution in [0.4, 0.5) is 0 Å². The van der Waals surface area contributed by atoms with E-state index in [1.54, 1.807) is 4.90 Å². The van der Waals surface area contributed by atoms with Gasteiger partial charge in [-0.05, 0) is 29.4 Å². The Morgan fingerprint density at radius 1 is 1.00 bits per heavy atom. The summed E-state index contributed by atoms with van der Waals surface area (Å²) in [5.74, 6) is 0.373. The first-order chi connectivity index (χ1) is 14.6. The number of rotatable bonds is 7. The number of likely N-dealkylation sites (tertiary alicyclic amines) is 1. The molecule has 0 N–H and O–H groups in total. The summed E-state index contributed by atoms with van der Waals surface area (Å²) in [6.45, 7) is 3.33. The summed E-state index contributed by atoms with van der Waals surface area (Å²) < 4.78 is 11.1. The van der Waals surface area contributed by atoms with E-state index in [0.717, 1.165) is 11.1 Å². The third-order valence-corrected chi connectivity index (χ3v) is 6.35. The molecule has 2 aromatic rings. The first-order valence-electron chi connectivity index (χ1n) is 10.7. The van der Waals surface area contributed by atoms with E-state index in [1.165, 1.54) is 13.5 Å². The molecule has 4 atom stereocenters. The van der Waals surface area contributed by atoms with Gasteiger partial charge in [-0.2, -0.15) is 0 Å². The topological polar surface area (TPSA) is 55.8 Å². The molecule has 2 aliphatic rings. The maximum Gasteiger partial charge on any atom is 0.328 e. The van der Waals surface area contributed by atoms with Gasteiger partial charge in [-0.1, -0.05) is 67.6 Å². The van der Waals surface area contributed by atoms with Crippen molar-refractivity contribution in [2.24, 2.45) is 11.8 Å². The van der Waals surface area contributed by atoms with E-state index in [0.29, 0.717) is 31.4 Å². The monoisotopic (exact) mass is 407 g/mol. The van der Waals surface area contributed by atoms with Crippen LogP contribution in [-0.2, 0) is 19.1 Å². The summed E-state index contributed by atoms with van der Waals surface area (Å²) in [7, 11) is 1.37. The lowest BCUT2D eigenvalue weighted by Gasteiger charge is -2.28. The lowest BCUT2D eigenvalue weighted by Crippen LogP contribution is -2.43. The molecule has 2 fully saturated rings. The van der Waals surface area contributed by atoms with Gasteiger partial charge in [0.05, 0.1) is 25.7 Å². The average Bonchev–Trinajstić information content (AvgIpc) is 3.32. The van der Waals surface area contributed by atoms with E-state index in [4.69, 9.17) is 9.47 Å². The molecule has 0 bridgehead atoms. The average molecular weight is 408 g/mol. The lowest BCUT2D eigenvalue weighted by molar-refractivity contribution is -0.151. The van der Waals surface area contributed by atoms with Gasteiger partial charge < -0.3 is 14.4 Å². The second kappa shape index (κ2) is 9.00. The van der Waals surface area contributed by atoms with Crippen molar-refractivity contribution in [1.29, 1.82) is 0 Å². The minimum Gasteiger partial charge on any atom is -0.467 e. The number of benzene rings is 2. The van der Waals surface area contributed by atoms with Gasteiger partial charge in [-0.15, -0.1) is 0 Å². The maximum absolute atomic E-state index is 13.8. The van der Waals surface area contributed by atoms with Gasteiger partial charge in [-0.25, -0.2) is 4.79 Å². The predicted molar refractivity (Wildman–Crippen MR) is 114 cm³/mol. The highest BCUT2D eigenvalue weighted by atomic mass is 16.5. The van der Waals surface area contributed by atoms with E-state index in [2.05, 4.69) is 6.92 Å². The van der Waals surface area contributed by atoms with Gasteiger partial charge in [0, 0.05) is 13.0 Å². The number of nitrogens with zero attached hydrogens (tertiary/aromatic N) is 1. The fraction of sp³-hybridized carbons (Fsp3) is 0.440. The Morgan fingerprint density at radius 3 is 2.07 bits per heavy atom. The first kappa shape index (κ1) is 20.6. The van der Waals surface area contributed by atoms with Gasteiger partial charge in [0.25, 0.3) is 0 Å². The summed E-state index contributed by atoms with van der Waals surface area (Å²) in [6, 6.07) is 18.8. The van der Waals surface area contributed by atoms with Gasteiger partial charge in [-0.3, -0.25) is 4.79 Å². The zero-order valence-electron chi connectivity index (χ0n) is 17.6. The fourth-order valence-corrected chi connectivity index (χ4v) is 4.35. The number of ether oxygens (including phenoxy) is 2. The second-order valence-corrected chi connectivity index (χ2v) is 8.45. The minimum absolute atomic E-state index is 0.0892. The largest absolute Gasteiger partial charge is 0.467 e. The molecule has 0 aromatic heterocycles. The van der Waals surface area contributed by atoms with Crippen molar-refractivity contribution < 1.29 is 19.1 Å². The Labute approximate surface area is 178 Å². The normalized spacial score (nSPS) is 25.4. The number of carbonyl (C=O) groups is 2. The van der Waals surface area contributed by atoms with Crippen molar-refractivity contribution in [2.45, 2.75) is 37.8 Å². The highest BCUT2D eigenvalue weighted by Crippen LogP contribution is 2.39. The van der Waals surface area contributed by atoms with E-state index in [9.17, 15) is 9.59 Å². The Morgan fingerprint density at radius 2 is 1.57 bits per heavy atom. The summed E-state index contributed by atoms with van der Waals surface area (Å²) in [4.78, 5) is 28.0. The smallest absolute Gasteiger partial charge is 0.328 e. The maximum atomic E-state index is 13.8. The lowest BCUT2D eigenvalue weighted by atomic mass is 9.90. The van der Waals surface area contributed by atoms with Crippen LogP contribution in [0.25, 0.3) is 0 Å². The van der Waals surface area contributed by atoms with E-state index in [1.807, 2.05) is 60.7 Å². The molecule has 1 aliphatic carbocycles. The Bertz CT molecular complexity index is 830. The molecule has 0 spiro atoms. The second-order valence-electron chi connectivity index (χ2n) is 8.45. The zero-order valence-corrected chi connectivity index (χ0v) is 17.6. The third kappa shape index (κ3) is 4.41. The first-order valence-corrected chi connectivity index (χ1v) is 10.7. The van der Waals surface area contributed by atoms with Gasteiger partial charge in [0.2, 0.25) is 5.91 Å². The van der Waals surface area contributed by atoms with Crippen molar-refractivity contribution in [3.8, 4) is 0 Å². The van der Waals surface area contributed by atoms with Gasteiger partial charge in [0.15, 0.2) is 0 Å². The van der Waals surface area contributed by atoms with E-state index >= 15 is 0 Å². The number of hydrogen-bond donors (Lipinski definition) is 0. The molecule has 0 radical (unpaired) electrons. The Kier molecular flexibility index (Phi) is 6.18. The molecule has 1 aliphatic heterocycles. The Hall–Kier alpha value is -2.66. The van der Waals surface area contributed by atoms with E-state index in [-0.39, 0.29) is 18.0 Å². The van der Waals surface area contributed by atoms with Crippen LogP contribution < -0.4 is 0 Å². The van der Waals surface area contributed by atoms with Crippen LogP contribution in [0.3, 0.4) is 0 Å². The van der Waals surface area contributed by atoms with Gasteiger partial charge in [0.1, 0.15) is 6.04 Å². The standard InChI is InChI=1S/C25H29NO4/c1-17-13-20(17)16-30-21-14-22(25(28)29-2)26(15-21)24(27)23(18-9-5-3-6-10-18)19-11-7-4-8-12-19/h3-12,17,20-23H,13-16H2,1-2H3/t17-,20-,21+,22+/m1/s1. The molecule has 4 rings (SSSR count). The van der Waals surface area contributed by atoms with Crippen LogP contribution in [0.5, 0.6) is 0 Å². The molecule has 5 nitrogen and oxygen atoms in total. The molecular weight excluding hydrogens is 378 g/mol. The molecule has 158 valence electrons.